The first-order chi connectivity index (χ1) is 11.4. The van der Waals surface area contributed by atoms with E-state index in [1.54, 1.807) is 17.8 Å². The largest absolute Gasteiger partial charge is 0.491 e. The number of nitrogens with one attached hydrogen (secondary N) is 1. The van der Waals surface area contributed by atoms with Gasteiger partial charge >= 0.3 is 6.18 Å². The van der Waals surface area contributed by atoms with Crippen molar-refractivity contribution in [1.29, 1.82) is 0 Å². The summed E-state index contributed by atoms with van der Waals surface area (Å²) in [7, 11) is 1.73. The second-order valence-corrected chi connectivity index (χ2v) is 5.44. The van der Waals surface area contributed by atoms with Crippen molar-refractivity contribution in [3.05, 3.63) is 41.7 Å². The van der Waals surface area contributed by atoms with E-state index in [-0.39, 0.29) is 5.52 Å². The van der Waals surface area contributed by atoms with Crippen LogP contribution in [0.1, 0.15) is 24.7 Å². The summed E-state index contributed by atoms with van der Waals surface area (Å²) < 4.78 is 45.9. The van der Waals surface area contributed by atoms with E-state index in [2.05, 4.69) is 15.3 Å². The van der Waals surface area contributed by atoms with Gasteiger partial charge in [-0.2, -0.15) is 13.2 Å². The highest BCUT2D eigenvalue weighted by atomic mass is 19.4. The Balaban J connectivity index is 2.05. The SMILES string of the molecule is CCCOC1=CNCC=C1c1nc2cc(C(F)(F)F)cnc2n1C. The normalized spacial score (nSPS) is 15.0. The number of aryl methyl sites for hydroxylation is 1. The minimum atomic E-state index is -4.44. The molecule has 3 rings (SSSR count). The summed E-state index contributed by atoms with van der Waals surface area (Å²) >= 11 is 0. The second-order valence-electron chi connectivity index (χ2n) is 5.44. The molecule has 0 aliphatic carbocycles. The van der Waals surface area contributed by atoms with E-state index in [0.29, 0.717) is 30.4 Å². The number of hydrogen-bond donors (Lipinski definition) is 1. The molecule has 2 aromatic rings. The monoisotopic (exact) mass is 338 g/mol. The number of hydrogen-bond acceptors (Lipinski definition) is 4. The summed E-state index contributed by atoms with van der Waals surface area (Å²) in [6.07, 6.45) is 0.885. The Morgan fingerprint density at radius 1 is 1.38 bits per heavy atom. The van der Waals surface area contributed by atoms with Gasteiger partial charge in [0.1, 0.15) is 17.1 Å². The second kappa shape index (κ2) is 6.18. The van der Waals surface area contributed by atoms with Crippen LogP contribution < -0.4 is 5.32 Å². The van der Waals surface area contributed by atoms with Crippen molar-refractivity contribution >= 4 is 16.7 Å². The van der Waals surface area contributed by atoms with Gasteiger partial charge in [0.15, 0.2) is 5.65 Å². The van der Waals surface area contributed by atoms with Crippen LogP contribution in [0.3, 0.4) is 0 Å². The maximum atomic E-state index is 12.9. The van der Waals surface area contributed by atoms with Crippen molar-refractivity contribution < 1.29 is 17.9 Å². The number of ether oxygens (including phenoxy) is 1. The average Bonchev–Trinajstić information content (AvgIpc) is 2.89. The van der Waals surface area contributed by atoms with Gasteiger partial charge < -0.3 is 14.6 Å². The number of allylic oxidation sites excluding steroid dienone is 1. The number of imidazole rings is 1. The molecule has 0 fully saturated rings. The predicted molar refractivity (Wildman–Crippen MR) is 83.8 cm³/mol. The van der Waals surface area contributed by atoms with Crippen molar-refractivity contribution in [2.75, 3.05) is 13.2 Å². The first kappa shape index (κ1) is 16.4. The van der Waals surface area contributed by atoms with E-state index in [1.165, 1.54) is 0 Å². The lowest BCUT2D eigenvalue weighted by molar-refractivity contribution is -0.137. The number of rotatable bonds is 4. The summed E-state index contributed by atoms with van der Waals surface area (Å²) in [5.74, 6) is 1.15. The van der Waals surface area contributed by atoms with Crippen molar-refractivity contribution in [3.8, 4) is 0 Å². The minimum absolute atomic E-state index is 0.205. The fourth-order valence-corrected chi connectivity index (χ4v) is 2.50. The van der Waals surface area contributed by atoms with Gasteiger partial charge in [0.05, 0.1) is 17.7 Å². The highest BCUT2D eigenvalue weighted by Crippen LogP contribution is 2.32. The highest BCUT2D eigenvalue weighted by molar-refractivity contribution is 5.82. The van der Waals surface area contributed by atoms with Gasteiger partial charge in [0, 0.05) is 26.0 Å². The van der Waals surface area contributed by atoms with Gasteiger partial charge in [-0.05, 0) is 12.5 Å². The van der Waals surface area contributed by atoms with Crippen molar-refractivity contribution in [2.45, 2.75) is 19.5 Å². The fourth-order valence-electron chi connectivity index (χ4n) is 2.50. The maximum absolute atomic E-state index is 12.9. The summed E-state index contributed by atoms with van der Waals surface area (Å²) in [5.41, 5.74) is 0.539. The smallest absolute Gasteiger partial charge is 0.417 e. The van der Waals surface area contributed by atoms with Crippen LogP contribution in [-0.2, 0) is 18.0 Å². The molecule has 1 aliphatic rings. The number of pyridine rings is 1. The van der Waals surface area contributed by atoms with Gasteiger partial charge in [-0.25, -0.2) is 9.97 Å². The Kier molecular flexibility index (Phi) is 4.21. The first-order valence-electron chi connectivity index (χ1n) is 7.58. The van der Waals surface area contributed by atoms with Crippen molar-refractivity contribution in [1.82, 2.24) is 19.9 Å². The molecule has 2 aromatic heterocycles. The van der Waals surface area contributed by atoms with Gasteiger partial charge in [-0.3, -0.25) is 0 Å². The molecule has 5 nitrogen and oxygen atoms in total. The zero-order valence-electron chi connectivity index (χ0n) is 13.3. The van der Waals surface area contributed by atoms with E-state index in [4.69, 9.17) is 4.74 Å². The molecule has 0 aromatic carbocycles. The Bertz CT molecular complexity index is 821. The number of aromatic nitrogens is 3. The molecule has 1 aliphatic heterocycles. The van der Waals surface area contributed by atoms with E-state index < -0.39 is 11.7 Å². The molecule has 128 valence electrons. The van der Waals surface area contributed by atoms with Crippen LogP contribution in [0.2, 0.25) is 0 Å². The molecule has 0 unspecified atom stereocenters. The van der Waals surface area contributed by atoms with Gasteiger partial charge in [0.2, 0.25) is 0 Å². The number of nitrogens with zero attached hydrogens (tertiary/aromatic N) is 3. The topological polar surface area (TPSA) is 52.0 Å². The molecule has 3 heterocycles. The quantitative estimate of drug-likeness (QED) is 0.930. The van der Waals surface area contributed by atoms with Crippen molar-refractivity contribution in [3.63, 3.8) is 0 Å². The van der Waals surface area contributed by atoms with Crippen LogP contribution >= 0.6 is 0 Å². The van der Waals surface area contributed by atoms with E-state index in [1.807, 2.05) is 13.0 Å². The lowest BCUT2D eigenvalue weighted by Gasteiger charge is -2.17. The predicted octanol–water partition coefficient (Wildman–Crippen LogP) is 3.24. The molecule has 0 spiro atoms. The molecule has 8 heteroatoms. The number of dihydropyridines is 1. The Labute approximate surface area is 136 Å². The molecular formula is C16H17F3N4O. The molecular weight excluding hydrogens is 321 g/mol. The third kappa shape index (κ3) is 2.95. The summed E-state index contributed by atoms with van der Waals surface area (Å²) in [6, 6.07) is 1.02. The molecule has 1 N–H and O–H groups in total. The number of alkyl halides is 3. The average molecular weight is 338 g/mol. The first-order valence-corrected chi connectivity index (χ1v) is 7.58. The lowest BCUT2D eigenvalue weighted by atomic mass is 10.1. The number of halogens is 3. The van der Waals surface area contributed by atoms with Crippen molar-refractivity contribution in [2.24, 2.45) is 7.05 Å². The van der Waals surface area contributed by atoms with Crippen LogP contribution in [0.5, 0.6) is 0 Å². The Morgan fingerprint density at radius 2 is 2.17 bits per heavy atom. The Hall–Kier alpha value is -2.51. The van der Waals surface area contributed by atoms with E-state index >= 15 is 0 Å². The molecule has 24 heavy (non-hydrogen) atoms. The third-order valence-electron chi connectivity index (χ3n) is 3.66. The molecule has 0 saturated heterocycles. The van der Waals surface area contributed by atoms with Crippen LogP contribution in [0.4, 0.5) is 13.2 Å². The fraction of sp³-hybridized carbons (Fsp3) is 0.375. The molecule has 0 amide bonds. The summed E-state index contributed by atoms with van der Waals surface area (Å²) in [4.78, 5) is 8.28. The molecule has 0 radical (unpaired) electrons. The summed E-state index contributed by atoms with van der Waals surface area (Å²) in [5, 5.41) is 3.06. The van der Waals surface area contributed by atoms with Gasteiger partial charge in [0.25, 0.3) is 0 Å². The summed E-state index contributed by atoms with van der Waals surface area (Å²) in [6.45, 7) is 3.14. The maximum Gasteiger partial charge on any atom is 0.417 e. The van der Waals surface area contributed by atoms with Gasteiger partial charge in [-0.15, -0.1) is 0 Å². The number of fused-ring (bicyclic) bond motifs is 1. The third-order valence-corrected chi connectivity index (χ3v) is 3.66. The standard InChI is InChI=1S/C16H17F3N4O/c1-3-6-24-13-9-20-5-4-11(13)14-22-12-7-10(16(17,18)19)8-21-15(12)23(14)2/h4,7-9,20H,3,5-6H2,1-2H3. The zero-order chi connectivity index (χ0) is 17.3. The zero-order valence-corrected chi connectivity index (χ0v) is 13.3. The van der Waals surface area contributed by atoms with Crippen LogP contribution in [-0.4, -0.2) is 27.7 Å². The lowest BCUT2D eigenvalue weighted by Crippen LogP contribution is -2.16. The van der Waals surface area contributed by atoms with Crippen LogP contribution in [0.15, 0.2) is 30.3 Å². The van der Waals surface area contributed by atoms with Crippen LogP contribution in [0.25, 0.3) is 16.7 Å². The highest BCUT2D eigenvalue weighted by Gasteiger charge is 2.32. The van der Waals surface area contributed by atoms with Gasteiger partial charge in [-0.1, -0.05) is 13.0 Å². The Morgan fingerprint density at radius 3 is 2.88 bits per heavy atom. The van der Waals surface area contributed by atoms with E-state index in [0.717, 1.165) is 24.3 Å². The van der Waals surface area contributed by atoms with E-state index in [9.17, 15) is 13.2 Å². The molecule has 0 atom stereocenters. The van der Waals surface area contributed by atoms with Crippen LogP contribution in [0, 0.1) is 0 Å². The minimum Gasteiger partial charge on any atom is -0.491 e. The molecule has 0 saturated carbocycles. The molecule has 0 bridgehead atoms.